The van der Waals surface area contributed by atoms with Crippen LogP contribution in [0, 0.1) is 11.3 Å². The van der Waals surface area contributed by atoms with Crippen LogP contribution < -0.4 is 0 Å². The van der Waals surface area contributed by atoms with Crippen molar-refractivity contribution in [3.8, 4) is 6.07 Å². The summed E-state index contributed by atoms with van der Waals surface area (Å²) in [6, 6.07) is 8.48. The maximum atomic E-state index is 8.56. The van der Waals surface area contributed by atoms with Crippen molar-refractivity contribution >= 4 is 15.9 Å². The molecule has 3 heteroatoms. The lowest BCUT2D eigenvalue weighted by atomic mass is 10.1. The first-order valence-corrected chi connectivity index (χ1v) is 4.95. The summed E-state index contributed by atoms with van der Waals surface area (Å²) >= 11 is 3.44. The molecule has 66 valence electrons. The van der Waals surface area contributed by atoms with Gasteiger partial charge in [0.2, 0.25) is 0 Å². The Balaban J connectivity index is 2.21. The van der Waals surface area contributed by atoms with E-state index in [1.807, 2.05) is 0 Å². The number of halogens is 1. The molecule has 0 atom stereocenters. The lowest BCUT2D eigenvalue weighted by Crippen LogP contribution is -2.15. The van der Waals surface area contributed by atoms with Gasteiger partial charge in [-0.1, -0.05) is 22.0 Å². The molecule has 0 aromatic heterocycles. The first kappa shape index (κ1) is 8.74. The number of benzene rings is 1. The monoisotopic (exact) mass is 236 g/mol. The minimum Gasteiger partial charge on any atom is -0.282 e. The Morgan fingerprint density at radius 2 is 2.15 bits per heavy atom. The molecule has 2 rings (SSSR count). The van der Waals surface area contributed by atoms with Crippen LogP contribution in [0.1, 0.15) is 11.1 Å². The molecule has 0 amide bonds. The fraction of sp³-hybridized carbons (Fsp3) is 0.300. The fourth-order valence-electron chi connectivity index (χ4n) is 1.65. The van der Waals surface area contributed by atoms with Crippen molar-refractivity contribution in [3.05, 3.63) is 33.8 Å². The summed E-state index contributed by atoms with van der Waals surface area (Å²) in [5, 5.41) is 8.56. The number of nitrogens with zero attached hydrogens (tertiary/aromatic N) is 2. The van der Waals surface area contributed by atoms with Gasteiger partial charge in [-0.3, -0.25) is 4.90 Å². The van der Waals surface area contributed by atoms with Gasteiger partial charge in [-0.15, -0.1) is 0 Å². The molecule has 0 aliphatic carbocycles. The Morgan fingerprint density at radius 3 is 2.92 bits per heavy atom. The van der Waals surface area contributed by atoms with Gasteiger partial charge in [0.1, 0.15) is 0 Å². The molecule has 1 aliphatic rings. The average Bonchev–Trinajstić information content (AvgIpc) is 2.46. The number of hydrogen-bond acceptors (Lipinski definition) is 2. The number of nitriles is 1. The van der Waals surface area contributed by atoms with Crippen molar-refractivity contribution in [1.29, 1.82) is 5.26 Å². The number of rotatable bonds is 1. The predicted molar refractivity (Wildman–Crippen MR) is 53.9 cm³/mol. The van der Waals surface area contributed by atoms with E-state index in [9.17, 15) is 0 Å². The lowest BCUT2D eigenvalue weighted by molar-refractivity contribution is 0.320. The smallest absolute Gasteiger partial charge is 0.0871 e. The highest BCUT2D eigenvalue weighted by Crippen LogP contribution is 2.25. The third-order valence-electron chi connectivity index (χ3n) is 2.25. The van der Waals surface area contributed by atoms with Crippen molar-refractivity contribution in [2.24, 2.45) is 0 Å². The molecule has 0 saturated carbocycles. The van der Waals surface area contributed by atoms with Crippen LogP contribution in [0.15, 0.2) is 22.7 Å². The minimum absolute atomic E-state index is 0.520. The second kappa shape index (κ2) is 3.49. The van der Waals surface area contributed by atoms with E-state index in [1.54, 1.807) is 0 Å². The van der Waals surface area contributed by atoms with E-state index in [1.165, 1.54) is 11.1 Å². The summed E-state index contributed by atoms with van der Waals surface area (Å²) in [5.74, 6) is 0. The molecule has 1 aromatic carbocycles. The quantitative estimate of drug-likeness (QED) is 0.700. The molecule has 1 heterocycles. The molecule has 2 nitrogen and oxygen atoms in total. The minimum atomic E-state index is 0.520. The summed E-state index contributed by atoms with van der Waals surface area (Å²) in [4.78, 5) is 2.14. The van der Waals surface area contributed by atoms with E-state index in [0.29, 0.717) is 6.54 Å². The van der Waals surface area contributed by atoms with E-state index in [2.05, 4.69) is 45.1 Å². The molecular formula is C10H9BrN2. The Morgan fingerprint density at radius 1 is 1.38 bits per heavy atom. The van der Waals surface area contributed by atoms with Crippen LogP contribution in [0.4, 0.5) is 0 Å². The summed E-state index contributed by atoms with van der Waals surface area (Å²) < 4.78 is 1.12. The molecule has 0 spiro atoms. The van der Waals surface area contributed by atoms with Crippen LogP contribution in [-0.4, -0.2) is 11.4 Å². The van der Waals surface area contributed by atoms with Gasteiger partial charge in [0, 0.05) is 17.6 Å². The van der Waals surface area contributed by atoms with Crippen LogP contribution in [0.2, 0.25) is 0 Å². The second-order valence-corrected chi connectivity index (χ2v) is 4.13. The second-order valence-electron chi connectivity index (χ2n) is 3.22. The third-order valence-corrected chi connectivity index (χ3v) is 2.74. The van der Waals surface area contributed by atoms with E-state index < -0.39 is 0 Å². The molecule has 0 N–H and O–H groups in total. The molecule has 1 aliphatic heterocycles. The Bertz CT molecular complexity index is 368. The number of hydrogen-bond donors (Lipinski definition) is 0. The Labute approximate surface area is 85.9 Å². The van der Waals surface area contributed by atoms with Crippen LogP contribution in [0.25, 0.3) is 0 Å². The fourth-order valence-corrected chi connectivity index (χ4v) is 2.05. The first-order chi connectivity index (χ1) is 6.29. The van der Waals surface area contributed by atoms with E-state index in [0.717, 1.165) is 17.6 Å². The molecule has 13 heavy (non-hydrogen) atoms. The molecule has 0 unspecified atom stereocenters. The number of fused-ring (bicyclic) bond motifs is 1. The standard InChI is InChI=1S/C10H9BrN2/c11-10-2-1-8-6-13(4-3-12)7-9(8)5-10/h1-2,5H,4,6-7H2. The SMILES string of the molecule is N#CCN1Cc2ccc(Br)cc2C1. The Kier molecular flexibility index (Phi) is 2.34. The van der Waals surface area contributed by atoms with Crippen LogP contribution in [0.3, 0.4) is 0 Å². The van der Waals surface area contributed by atoms with Crippen molar-refractivity contribution in [2.45, 2.75) is 13.1 Å². The maximum absolute atomic E-state index is 8.56. The first-order valence-electron chi connectivity index (χ1n) is 4.16. The zero-order chi connectivity index (χ0) is 9.26. The highest BCUT2D eigenvalue weighted by molar-refractivity contribution is 9.10. The average molecular weight is 237 g/mol. The highest BCUT2D eigenvalue weighted by atomic mass is 79.9. The normalized spacial score (nSPS) is 15.4. The van der Waals surface area contributed by atoms with Gasteiger partial charge in [0.15, 0.2) is 0 Å². The van der Waals surface area contributed by atoms with Gasteiger partial charge in [-0.05, 0) is 23.3 Å². The molecular weight excluding hydrogens is 228 g/mol. The topological polar surface area (TPSA) is 27.0 Å². The summed E-state index contributed by atoms with van der Waals surface area (Å²) in [5.41, 5.74) is 2.68. The van der Waals surface area contributed by atoms with Gasteiger partial charge in [-0.2, -0.15) is 5.26 Å². The van der Waals surface area contributed by atoms with Gasteiger partial charge < -0.3 is 0 Å². The predicted octanol–water partition coefficient (Wildman–Crippen LogP) is 2.29. The summed E-state index contributed by atoms with van der Waals surface area (Å²) in [6.07, 6.45) is 0. The maximum Gasteiger partial charge on any atom is 0.0871 e. The molecule has 1 aromatic rings. The zero-order valence-corrected chi connectivity index (χ0v) is 8.71. The van der Waals surface area contributed by atoms with Gasteiger partial charge in [0.05, 0.1) is 12.6 Å². The molecule has 0 bridgehead atoms. The van der Waals surface area contributed by atoms with Gasteiger partial charge in [0.25, 0.3) is 0 Å². The largest absolute Gasteiger partial charge is 0.282 e. The summed E-state index contributed by atoms with van der Waals surface area (Å²) in [7, 11) is 0. The van der Waals surface area contributed by atoms with Crippen LogP contribution in [0.5, 0.6) is 0 Å². The molecule has 0 saturated heterocycles. The van der Waals surface area contributed by atoms with Crippen molar-refractivity contribution < 1.29 is 0 Å². The summed E-state index contributed by atoms with van der Waals surface area (Å²) in [6.45, 7) is 2.34. The van der Waals surface area contributed by atoms with E-state index in [4.69, 9.17) is 5.26 Å². The van der Waals surface area contributed by atoms with Gasteiger partial charge >= 0.3 is 0 Å². The van der Waals surface area contributed by atoms with Gasteiger partial charge in [-0.25, -0.2) is 0 Å². The van der Waals surface area contributed by atoms with Crippen molar-refractivity contribution in [3.63, 3.8) is 0 Å². The van der Waals surface area contributed by atoms with Crippen LogP contribution in [-0.2, 0) is 13.1 Å². The van der Waals surface area contributed by atoms with Crippen molar-refractivity contribution in [2.75, 3.05) is 6.54 Å². The molecule has 0 radical (unpaired) electrons. The van der Waals surface area contributed by atoms with Crippen molar-refractivity contribution in [1.82, 2.24) is 4.90 Å². The van der Waals surface area contributed by atoms with E-state index in [-0.39, 0.29) is 0 Å². The molecule has 0 fully saturated rings. The zero-order valence-electron chi connectivity index (χ0n) is 7.13. The van der Waals surface area contributed by atoms with Crippen LogP contribution >= 0.6 is 15.9 Å². The Hall–Kier alpha value is -0.850. The third kappa shape index (κ3) is 1.74. The highest BCUT2D eigenvalue weighted by Gasteiger charge is 2.17. The lowest BCUT2D eigenvalue weighted by Gasteiger charge is -2.07. The van der Waals surface area contributed by atoms with E-state index >= 15 is 0 Å².